The van der Waals surface area contributed by atoms with Crippen molar-refractivity contribution in [2.24, 2.45) is 5.73 Å². The number of hydrogen-bond donors (Lipinski definition) is 1. The standard InChI is InChI=1S/C14H11NO2.C8H6O2/c15-14(10-6-2-1-3-7-10)12-9-5-4-8-11(12)13(16)17-14;9-8-7-4-2-1-3-6(7)5-10-8/h1-9H,15H2;1-4H,5H2. The number of benzene rings is 3. The van der Waals surface area contributed by atoms with Crippen molar-refractivity contribution in [2.45, 2.75) is 12.3 Å². The van der Waals surface area contributed by atoms with E-state index in [4.69, 9.17) is 15.2 Å². The first-order valence-corrected chi connectivity index (χ1v) is 8.52. The first kappa shape index (κ1) is 17.0. The average Bonchev–Trinajstić information content (AvgIpc) is 3.22. The minimum Gasteiger partial charge on any atom is -0.457 e. The van der Waals surface area contributed by atoms with Crippen molar-refractivity contribution in [3.05, 3.63) is 107 Å². The molecule has 0 bridgehead atoms. The highest BCUT2D eigenvalue weighted by Crippen LogP contribution is 2.37. The molecule has 2 aliphatic heterocycles. The Bertz CT molecular complexity index is 1020. The maximum atomic E-state index is 11.8. The molecular weight excluding hydrogens is 342 g/mol. The second-order valence-electron chi connectivity index (χ2n) is 6.27. The molecule has 0 amide bonds. The van der Waals surface area contributed by atoms with Crippen LogP contribution in [-0.2, 0) is 21.8 Å². The first-order chi connectivity index (χ1) is 13.1. The van der Waals surface area contributed by atoms with E-state index in [-0.39, 0.29) is 11.9 Å². The summed E-state index contributed by atoms with van der Waals surface area (Å²) >= 11 is 0. The van der Waals surface area contributed by atoms with Crippen LogP contribution in [0.4, 0.5) is 0 Å². The molecule has 2 N–H and O–H groups in total. The fraction of sp³-hybridized carbons (Fsp3) is 0.0909. The normalized spacial score (nSPS) is 19.3. The van der Waals surface area contributed by atoms with Gasteiger partial charge in [-0.25, -0.2) is 9.59 Å². The molecule has 3 aromatic rings. The zero-order valence-electron chi connectivity index (χ0n) is 14.4. The summed E-state index contributed by atoms with van der Waals surface area (Å²) in [5.41, 5.74) is 8.82. The largest absolute Gasteiger partial charge is 0.457 e. The maximum absolute atomic E-state index is 11.8. The SMILES string of the molecule is NC1(c2ccccc2)OC(=O)c2ccccc21.O=C1OCc2ccccc21. The van der Waals surface area contributed by atoms with Gasteiger partial charge >= 0.3 is 11.9 Å². The van der Waals surface area contributed by atoms with Gasteiger partial charge in [0.2, 0.25) is 5.72 Å². The Kier molecular flexibility index (Phi) is 4.22. The predicted molar refractivity (Wildman–Crippen MR) is 98.8 cm³/mol. The fourth-order valence-electron chi connectivity index (χ4n) is 3.21. The van der Waals surface area contributed by atoms with Crippen LogP contribution < -0.4 is 5.73 Å². The van der Waals surface area contributed by atoms with Crippen LogP contribution in [0.15, 0.2) is 78.9 Å². The molecule has 5 rings (SSSR count). The van der Waals surface area contributed by atoms with Crippen molar-refractivity contribution < 1.29 is 19.1 Å². The minimum atomic E-state index is -1.16. The molecular formula is C22H17NO4. The van der Waals surface area contributed by atoms with Crippen LogP contribution in [-0.4, -0.2) is 11.9 Å². The van der Waals surface area contributed by atoms with Crippen molar-refractivity contribution in [3.8, 4) is 0 Å². The van der Waals surface area contributed by atoms with Crippen molar-refractivity contribution in [3.63, 3.8) is 0 Å². The summed E-state index contributed by atoms with van der Waals surface area (Å²) in [7, 11) is 0. The lowest BCUT2D eigenvalue weighted by molar-refractivity contribution is 0.0133. The quantitative estimate of drug-likeness (QED) is 0.674. The predicted octanol–water partition coefficient (Wildman–Crippen LogP) is 3.37. The molecule has 5 heteroatoms. The number of hydrogen-bond acceptors (Lipinski definition) is 5. The summed E-state index contributed by atoms with van der Waals surface area (Å²) in [5, 5.41) is 0. The average molecular weight is 359 g/mol. The van der Waals surface area contributed by atoms with Gasteiger partial charge in [0.15, 0.2) is 0 Å². The van der Waals surface area contributed by atoms with Crippen LogP contribution >= 0.6 is 0 Å². The van der Waals surface area contributed by atoms with Gasteiger partial charge in [-0.05, 0) is 12.1 Å². The number of carbonyl (C=O) groups is 2. The fourth-order valence-corrected chi connectivity index (χ4v) is 3.21. The van der Waals surface area contributed by atoms with Gasteiger partial charge in [-0.2, -0.15) is 0 Å². The number of fused-ring (bicyclic) bond motifs is 2. The van der Waals surface area contributed by atoms with Crippen LogP contribution in [0.25, 0.3) is 0 Å². The van der Waals surface area contributed by atoms with E-state index >= 15 is 0 Å². The second kappa shape index (κ2) is 6.70. The van der Waals surface area contributed by atoms with Gasteiger partial charge in [-0.15, -0.1) is 0 Å². The van der Waals surface area contributed by atoms with Gasteiger partial charge < -0.3 is 9.47 Å². The van der Waals surface area contributed by atoms with E-state index in [1.165, 1.54) is 0 Å². The summed E-state index contributed by atoms with van der Waals surface area (Å²) in [6.45, 7) is 0.439. The third kappa shape index (κ3) is 2.98. The molecule has 5 nitrogen and oxygen atoms in total. The zero-order valence-corrected chi connectivity index (χ0v) is 14.4. The Morgan fingerprint density at radius 1 is 0.741 bits per heavy atom. The molecule has 3 aromatic carbocycles. The highest BCUT2D eigenvalue weighted by Gasteiger charge is 2.43. The van der Waals surface area contributed by atoms with Crippen LogP contribution in [0.3, 0.4) is 0 Å². The van der Waals surface area contributed by atoms with Crippen LogP contribution in [0, 0.1) is 0 Å². The molecule has 2 aliphatic rings. The van der Waals surface area contributed by atoms with E-state index in [1.54, 1.807) is 18.2 Å². The van der Waals surface area contributed by atoms with Gasteiger partial charge in [0.25, 0.3) is 0 Å². The smallest absolute Gasteiger partial charge is 0.340 e. The summed E-state index contributed by atoms with van der Waals surface area (Å²) in [6.07, 6.45) is 0. The molecule has 0 radical (unpaired) electrons. The summed E-state index contributed by atoms with van der Waals surface area (Å²) in [6, 6.07) is 24.0. The number of esters is 2. The summed E-state index contributed by atoms with van der Waals surface area (Å²) in [4.78, 5) is 22.6. The Labute approximate surface area is 156 Å². The molecule has 1 atom stereocenters. The number of rotatable bonds is 1. The molecule has 2 heterocycles. The Hall–Kier alpha value is -3.44. The van der Waals surface area contributed by atoms with Crippen molar-refractivity contribution in [2.75, 3.05) is 0 Å². The van der Waals surface area contributed by atoms with E-state index < -0.39 is 5.72 Å². The number of carbonyl (C=O) groups excluding carboxylic acids is 2. The Morgan fingerprint density at radius 3 is 2.11 bits per heavy atom. The molecule has 0 aromatic heterocycles. The molecule has 0 saturated carbocycles. The molecule has 1 unspecified atom stereocenters. The van der Waals surface area contributed by atoms with Crippen LogP contribution in [0.5, 0.6) is 0 Å². The molecule has 27 heavy (non-hydrogen) atoms. The number of nitrogens with two attached hydrogens (primary N) is 1. The number of ether oxygens (including phenoxy) is 2. The highest BCUT2D eigenvalue weighted by atomic mass is 16.6. The van der Waals surface area contributed by atoms with Crippen molar-refractivity contribution in [1.82, 2.24) is 0 Å². The van der Waals surface area contributed by atoms with E-state index in [2.05, 4.69) is 0 Å². The van der Waals surface area contributed by atoms with Crippen LogP contribution in [0.1, 0.15) is 37.4 Å². The maximum Gasteiger partial charge on any atom is 0.340 e. The zero-order chi connectivity index (χ0) is 18.9. The molecule has 0 spiro atoms. The van der Waals surface area contributed by atoms with Gasteiger partial charge in [-0.1, -0.05) is 66.7 Å². The number of cyclic esters (lactones) is 2. The molecule has 134 valence electrons. The minimum absolute atomic E-state index is 0.199. The second-order valence-corrected chi connectivity index (χ2v) is 6.27. The summed E-state index contributed by atoms with van der Waals surface area (Å²) in [5.74, 6) is -0.567. The van der Waals surface area contributed by atoms with Gasteiger partial charge in [0.05, 0.1) is 11.1 Å². The molecule has 0 saturated heterocycles. The Balaban J connectivity index is 0.000000153. The topological polar surface area (TPSA) is 78.6 Å². The summed E-state index contributed by atoms with van der Waals surface area (Å²) < 4.78 is 10.1. The van der Waals surface area contributed by atoms with Gasteiger partial charge in [-0.3, -0.25) is 5.73 Å². The van der Waals surface area contributed by atoms with Gasteiger partial charge in [0.1, 0.15) is 6.61 Å². The Morgan fingerprint density at radius 2 is 1.37 bits per heavy atom. The van der Waals surface area contributed by atoms with E-state index in [1.807, 2.05) is 60.7 Å². The first-order valence-electron chi connectivity index (χ1n) is 8.52. The third-order valence-corrected chi connectivity index (χ3v) is 4.60. The third-order valence-electron chi connectivity index (χ3n) is 4.60. The lowest BCUT2D eigenvalue weighted by atomic mass is 9.94. The lowest BCUT2D eigenvalue weighted by Gasteiger charge is -2.24. The van der Waals surface area contributed by atoms with Gasteiger partial charge in [0, 0.05) is 16.7 Å². The highest BCUT2D eigenvalue weighted by molar-refractivity contribution is 5.95. The van der Waals surface area contributed by atoms with E-state index in [0.29, 0.717) is 17.7 Å². The lowest BCUT2D eigenvalue weighted by Crippen LogP contribution is -2.37. The monoisotopic (exact) mass is 359 g/mol. The van der Waals surface area contributed by atoms with Crippen LogP contribution in [0.2, 0.25) is 0 Å². The molecule has 0 aliphatic carbocycles. The van der Waals surface area contributed by atoms with Crippen molar-refractivity contribution in [1.29, 1.82) is 0 Å². The molecule has 0 fully saturated rings. The van der Waals surface area contributed by atoms with E-state index in [0.717, 1.165) is 16.7 Å². The van der Waals surface area contributed by atoms with E-state index in [9.17, 15) is 9.59 Å². The van der Waals surface area contributed by atoms with Crippen molar-refractivity contribution >= 4 is 11.9 Å².